The van der Waals surface area contributed by atoms with E-state index in [0.29, 0.717) is 30.8 Å². The number of carbonyl (C=O) groups is 2. The summed E-state index contributed by atoms with van der Waals surface area (Å²) < 4.78 is 10.6. The third-order valence-corrected chi connectivity index (χ3v) is 4.34. The van der Waals surface area contributed by atoms with E-state index in [1.54, 1.807) is 14.2 Å². The van der Waals surface area contributed by atoms with E-state index in [2.05, 4.69) is 5.32 Å². The number of carbonyl (C=O) groups excluding carboxylic acids is 2. The molecule has 1 spiro atoms. The standard InChI is InChI=1S/C15H17NO4/c1-19-11-5-9-3-4-15(8-13(17)16-14(15)18)7-10(9)6-12(11)20-2/h5-6H,3-4,7-8H2,1-2H3,(H,16,17,18). The summed E-state index contributed by atoms with van der Waals surface area (Å²) in [4.78, 5) is 23.5. The van der Waals surface area contributed by atoms with E-state index in [0.717, 1.165) is 12.0 Å². The van der Waals surface area contributed by atoms with Crippen molar-refractivity contribution in [2.24, 2.45) is 5.41 Å². The summed E-state index contributed by atoms with van der Waals surface area (Å²) in [5.74, 6) is 1.06. The minimum Gasteiger partial charge on any atom is -0.493 e. The van der Waals surface area contributed by atoms with Crippen LogP contribution in [-0.4, -0.2) is 26.0 Å². The molecule has 0 bridgehead atoms. The number of ether oxygens (including phenoxy) is 2. The Morgan fingerprint density at radius 2 is 1.70 bits per heavy atom. The Labute approximate surface area is 117 Å². The number of methoxy groups -OCH3 is 2. The van der Waals surface area contributed by atoms with Gasteiger partial charge in [0.25, 0.3) is 0 Å². The molecule has 1 atom stereocenters. The van der Waals surface area contributed by atoms with E-state index in [1.807, 2.05) is 12.1 Å². The highest BCUT2D eigenvalue weighted by Crippen LogP contribution is 2.44. The van der Waals surface area contributed by atoms with E-state index in [-0.39, 0.29) is 11.8 Å². The van der Waals surface area contributed by atoms with Crippen molar-refractivity contribution in [3.8, 4) is 11.5 Å². The Kier molecular flexibility index (Phi) is 2.92. The Morgan fingerprint density at radius 1 is 1.05 bits per heavy atom. The zero-order chi connectivity index (χ0) is 14.3. The summed E-state index contributed by atoms with van der Waals surface area (Å²) in [5.41, 5.74) is 1.67. The Bertz CT molecular complexity index is 596. The summed E-state index contributed by atoms with van der Waals surface area (Å²) in [6, 6.07) is 3.89. The summed E-state index contributed by atoms with van der Waals surface area (Å²) in [6.07, 6.45) is 2.35. The van der Waals surface area contributed by atoms with Crippen molar-refractivity contribution in [2.75, 3.05) is 14.2 Å². The van der Waals surface area contributed by atoms with Crippen LogP contribution < -0.4 is 14.8 Å². The number of amides is 2. The Hall–Kier alpha value is -2.04. The van der Waals surface area contributed by atoms with Gasteiger partial charge in [-0.15, -0.1) is 0 Å². The third-order valence-electron chi connectivity index (χ3n) is 4.34. The van der Waals surface area contributed by atoms with E-state index in [1.165, 1.54) is 5.56 Å². The molecule has 0 radical (unpaired) electrons. The second kappa shape index (κ2) is 4.51. The van der Waals surface area contributed by atoms with Crippen LogP contribution in [0.2, 0.25) is 0 Å². The predicted molar refractivity (Wildman–Crippen MR) is 71.8 cm³/mol. The maximum atomic E-state index is 12.1. The van der Waals surface area contributed by atoms with Crippen molar-refractivity contribution in [1.29, 1.82) is 0 Å². The number of benzene rings is 1. The average Bonchev–Trinajstić information content (AvgIpc) is 2.71. The van der Waals surface area contributed by atoms with Crippen LogP contribution in [0.25, 0.3) is 0 Å². The monoisotopic (exact) mass is 275 g/mol. The molecule has 2 amide bonds. The van der Waals surface area contributed by atoms with Gasteiger partial charge in [0.15, 0.2) is 11.5 Å². The quantitative estimate of drug-likeness (QED) is 0.824. The lowest BCUT2D eigenvalue weighted by atomic mass is 9.70. The lowest BCUT2D eigenvalue weighted by molar-refractivity contribution is -0.129. The zero-order valence-electron chi connectivity index (χ0n) is 11.6. The molecule has 1 aromatic carbocycles. The molecule has 1 aliphatic carbocycles. The number of fused-ring (bicyclic) bond motifs is 1. The first-order valence-electron chi connectivity index (χ1n) is 6.66. The van der Waals surface area contributed by atoms with Gasteiger partial charge in [-0.25, -0.2) is 0 Å². The molecule has 5 nitrogen and oxygen atoms in total. The van der Waals surface area contributed by atoms with E-state index >= 15 is 0 Å². The molecular weight excluding hydrogens is 258 g/mol. The highest BCUT2D eigenvalue weighted by molar-refractivity contribution is 6.06. The first kappa shape index (κ1) is 13.0. The molecule has 1 unspecified atom stereocenters. The van der Waals surface area contributed by atoms with Crippen LogP contribution in [0, 0.1) is 5.41 Å². The van der Waals surface area contributed by atoms with Gasteiger partial charge in [0.2, 0.25) is 11.8 Å². The van der Waals surface area contributed by atoms with Gasteiger partial charge in [-0.3, -0.25) is 14.9 Å². The van der Waals surface area contributed by atoms with Gasteiger partial charge in [0.05, 0.1) is 19.6 Å². The van der Waals surface area contributed by atoms with Gasteiger partial charge >= 0.3 is 0 Å². The largest absolute Gasteiger partial charge is 0.493 e. The van der Waals surface area contributed by atoms with Crippen LogP contribution in [0.1, 0.15) is 24.0 Å². The smallest absolute Gasteiger partial charge is 0.233 e. The fourth-order valence-corrected chi connectivity index (χ4v) is 3.22. The number of aryl methyl sites for hydroxylation is 1. The van der Waals surface area contributed by atoms with E-state index in [9.17, 15) is 9.59 Å². The van der Waals surface area contributed by atoms with Gasteiger partial charge < -0.3 is 9.47 Å². The molecule has 3 rings (SSSR count). The molecule has 5 heteroatoms. The molecule has 1 aromatic rings. The zero-order valence-corrected chi connectivity index (χ0v) is 11.6. The number of nitrogens with one attached hydrogen (secondary N) is 1. The predicted octanol–water partition coefficient (Wildman–Crippen LogP) is 1.23. The van der Waals surface area contributed by atoms with Crippen molar-refractivity contribution in [3.63, 3.8) is 0 Å². The Morgan fingerprint density at radius 3 is 2.25 bits per heavy atom. The molecule has 1 N–H and O–H groups in total. The van der Waals surface area contributed by atoms with Crippen LogP contribution in [0.15, 0.2) is 12.1 Å². The van der Waals surface area contributed by atoms with Crippen molar-refractivity contribution >= 4 is 11.8 Å². The minimum absolute atomic E-state index is 0.136. The normalized spacial score (nSPS) is 24.5. The highest BCUT2D eigenvalue weighted by Gasteiger charge is 2.48. The molecule has 1 saturated heterocycles. The van der Waals surface area contributed by atoms with Crippen LogP contribution in [0.3, 0.4) is 0 Å². The lowest BCUT2D eigenvalue weighted by Crippen LogP contribution is -2.36. The molecule has 20 heavy (non-hydrogen) atoms. The number of imide groups is 1. The van der Waals surface area contributed by atoms with Gasteiger partial charge in [0.1, 0.15) is 0 Å². The number of rotatable bonds is 2. The minimum atomic E-state index is -0.566. The maximum absolute atomic E-state index is 12.1. The molecule has 1 aliphatic heterocycles. The van der Waals surface area contributed by atoms with Crippen LogP contribution in [0.5, 0.6) is 11.5 Å². The SMILES string of the molecule is COc1cc2c(cc1OC)CC1(CC2)CC(=O)NC1=O. The Balaban J connectivity index is 1.99. The van der Waals surface area contributed by atoms with Gasteiger partial charge in [0, 0.05) is 6.42 Å². The van der Waals surface area contributed by atoms with Gasteiger partial charge in [-0.2, -0.15) is 0 Å². The topological polar surface area (TPSA) is 64.6 Å². The summed E-state index contributed by atoms with van der Waals surface area (Å²) in [5, 5.41) is 2.43. The molecule has 2 aliphatic rings. The van der Waals surface area contributed by atoms with Crippen molar-refractivity contribution in [2.45, 2.75) is 25.7 Å². The van der Waals surface area contributed by atoms with Gasteiger partial charge in [-0.1, -0.05) is 0 Å². The van der Waals surface area contributed by atoms with Crippen molar-refractivity contribution < 1.29 is 19.1 Å². The fraction of sp³-hybridized carbons (Fsp3) is 0.467. The molecular formula is C15H17NO4. The van der Waals surface area contributed by atoms with Crippen LogP contribution in [0.4, 0.5) is 0 Å². The van der Waals surface area contributed by atoms with Gasteiger partial charge in [-0.05, 0) is 42.5 Å². The molecule has 1 fully saturated rings. The highest BCUT2D eigenvalue weighted by atomic mass is 16.5. The van der Waals surface area contributed by atoms with Crippen LogP contribution >= 0.6 is 0 Å². The van der Waals surface area contributed by atoms with Crippen molar-refractivity contribution in [3.05, 3.63) is 23.3 Å². The summed E-state index contributed by atoms with van der Waals surface area (Å²) in [7, 11) is 3.20. The second-order valence-electron chi connectivity index (χ2n) is 5.49. The first-order valence-corrected chi connectivity index (χ1v) is 6.66. The maximum Gasteiger partial charge on any atom is 0.233 e. The summed E-state index contributed by atoms with van der Waals surface area (Å²) >= 11 is 0. The average molecular weight is 275 g/mol. The molecule has 106 valence electrons. The van der Waals surface area contributed by atoms with Crippen LogP contribution in [-0.2, 0) is 22.4 Å². The molecule has 1 heterocycles. The van der Waals surface area contributed by atoms with E-state index in [4.69, 9.17) is 9.47 Å². The fourth-order valence-electron chi connectivity index (χ4n) is 3.22. The number of hydrogen-bond acceptors (Lipinski definition) is 4. The lowest BCUT2D eigenvalue weighted by Gasteiger charge is -2.31. The van der Waals surface area contributed by atoms with Crippen molar-refractivity contribution in [1.82, 2.24) is 5.32 Å². The van der Waals surface area contributed by atoms with E-state index < -0.39 is 5.41 Å². The second-order valence-corrected chi connectivity index (χ2v) is 5.49. The molecule has 0 saturated carbocycles. The summed E-state index contributed by atoms with van der Waals surface area (Å²) in [6.45, 7) is 0. The third kappa shape index (κ3) is 1.85. The molecule has 0 aromatic heterocycles. The number of hydrogen-bond donors (Lipinski definition) is 1. The first-order chi connectivity index (χ1) is 9.58.